The molecule has 0 saturated heterocycles. The zero-order valence-corrected chi connectivity index (χ0v) is 8.34. The maximum atomic E-state index is 10.7. The number of halogens is 1. The summed E-state index contributed by atoms with van der Waals surface area (Å²) in [6.07, 6.45) is 2.85. The lowest BCUT2D eigenvalue weighted by atomic mass is 10.1. The van der Waals surface area contributed by atoms with Crippen molar-refractivity contribution in [2.75, 3.05) is 0 Å². The van der Waals surface area contributed by atoms with E-state index in [9.17, 15) is 4.79 Å². The molecule has 0 bridgehead atoms. The van der Waals surface area contributed by atoms with Crippen LogP contribution in [0.15, 0.2) is 24.3 Å². The van der Waals surface area contributed by atoms with Gasteiger partial charge < -0.3 is 5.11 Å². The number of carboxylic acid groups (broad SMARTS) is 1. The minimum Gasteiger partial charge on any atom is -0.478 e. The summed E-state index contributed by atoms with van der Waals surface area (Å²) >= 11 is 3.41. The van der Waals surface area contributed by atoms with Crippen LogP contribution >= 0.6 is 15.9 Å². The van der Waals surface area contributed by atoms with E-state index in [1.165, 1.54) is 0 Å². The zero-order valence-electron chi connectivity index (χ0n) is 6.75. The van der Waals surface area contributed by atoms with E-state index in [-0.39, 0.29) is 0 Å². The molecule has 0 heterocycles. The van der Waals surface area contributed by atoms with Gasteiger partial charge in [-0.05, 0) is 29.7 Å². The van der Waals surface area contributed by atoms with Gasteiger partial charge in [-0.25, -0.2) is 4.79 Å². The van der Waals surface area contributed by atoms with Crippen LogP contribution < -0.4 is 0 Å². The third-order valence-corrected chi connectivity index (χ3v) is 2.86. The van der Waals surface area contributed by atoms with E-state index in [0.29, 0.717) is 5.56 Å². The van der Waals surface area contributed by atoms with Gasteiger partial charge >= 0.3 is 5.97 Å². The Balaban J connectivity index is 2.49. The van der Waals surface area contributed by atoms with Crippen LogP contribution in [0.1, 0.15) is 21.5 Å². The van der Waals surface area contributed by atoms with Gasteiger partial charge in [0.15, 0.2) is 0 Å². The first kappa shape index (κ1) is 8.51. The van der Waals surface area contributed by atoms with Crippen LogP contribution in [-0.4, -0.2) is 11.1 Å². The number of allylic oxidation sites excluding steroid dienone is 1. The summed E-state index contributed by atoms with van der Waals surface area (Å²) < 4.78 is 1.06. The lowest BCUT2D eigenvalue weighted by Gasteiger charge is -2.01. The molecule has 1 aliphatic rings. The molecule has 1 aliphatic carbocycles. The Bertz CT molecular complexity index is 407. The van der Waals surface area contributed by atoms with E-state index in [0.717, 1.165) is 22.0 Å². The second-order valence-electron chi connectivity index (χ2n) is 2.93. The van der Waals surface area contributed by atoms with Gasteiger partial charge in [0.05, 0.1) is 5.56 Å². The van der Waals surface area contributed by atoms with Crippen LogP contribution in [0.25, 0.3) is 4.48 Å². The predicted octanol–water partition coefficient (Wildman–Crippen LogP) is 2.68. The van der Waals surface area contributed by atoms with Crippen LogP contribution in [0.5, 0.6) is 0 Å². The quantitative estimate of drug-likeness (QED) is 0.817. The molecule has 1 aromatic rings. The summed E-state index contributed by atoms with van der Waals surface area (Å²) in [5.41, 5.74) is 2.53. The Hall–Kier alpha value is -1.09. The Morgan fingerprint density at radius 2 is 2.23 bits per heavy atom. The molecule has 1 aromatic carbocycles. The molecule has 0 aromatic heterocycles. The maximum Gasteiger partial charge on any atom is 0.335 e. The lowest BCUT2D eigenvalue weighted by molar-refractivity contribution is 0.0697. The zero-order chi connectivity index (χ0) is 9.42. The Kier molecular flexibility index (Phi) is 1.96. The molecule has 66 valence electrons. The van der Waals surface area contributed by atoms with Gasteiger partial charge in [0, 0.05) is 4.48 Å². The highest BCUT2D eigenvalue weighted by Gasteiger charge is 2.13. The smallest absolute Gasteiger partial charge is 0.335 e. The molecule has 0 saturated carbocycles. The molecule has 3 heteroatoms. The average molecular weight is 239 g/mol. The number of carboxylic acids is 1. The van der Waals surface area contributed by atoms with Gasteiger partial charge in [-0.15, -0.1) is 0 Å². The summed E-state index contributed by atoms with van der Waals surface area (Å²) in [6, 6.07) is 5.19. The first-order chi connectivity index (χ1) is 6.18. The first-order valence-electron chi connectivity index (χ1n) is 3.91. The fourth-order valence-corrected chi connectivity index (χ4v) is 1.99. The molecule has 0 amide bonds. The molecular formula is C10H7BrO2. The molecule has 0 unspecified atom stereocenters. The third-order valence-electron chi connectivity index (χ3n) is 2.11. The molecular weight excluding hydrogens is 232 g/mol. The van der Waals surface area contributed by atoms with Gasteiger partial charge in [-0.2, -0.15) is 0 Å². The molecule has 0 fully saturated rings. The summed E-state index contributed by atoms with van der Waals surface area (Å²) in [5.74, 6) is -0.870. The Morgan fingerprint density at radius 1 is 1.46 bits per heavy atom. The summed E-state index contributed by atoms with van der Waals surface area (Å²) in [7, 11) is 0. The minimum atomic E-state index is -0.870. The van der Waals surface area contributed by atoms with E-state index in [1.54, 1.807) is 12.1 Å². The fraction of sp³-hybridized carbons (Fsp3) is 0.100. The summed E-state index contributed by atoms with van der Waals surface area (Å²) in [6.45, 7) is 0. The van der Waals surface area contributed by atoms with E-state index in [1.807, 2.05) is 12.1 Å². The standard InChI is InChI=1S/C10H7BrO2/c11-9-4-2-6-5-7(10(12)13)1-3-8(6)9/h1,3-5H,2H2,(H,12,13). The van der Waals surface area contributed by atoms with Gasteiger partial charge in [0.1, 0.15) is 0 Å². The molecule has 0 aliphatic heterocycles. The summed E-state index contributed by atoms with van der Waals surface area (Å²) in [4.78, 5) is 10.7. The molecule has 1 N–H and O–H groups in total. The minimum absolute atomic E-state index is 0.356. The molecule has 2 rings (SSSR count). The molecule has 13 heavy (non-hydrogen) atoms. The SMILES string of the molecule is O=C(O)c1ccc2c(c1)CC=C2Br. The fourth-order valence-electron chi connectivity index (χ4n) is 1.44. The monoisotopic (exact) mass is 238 g/mol. The third kappa shape index (κ3) is 1.40. The maximum absolute atomic E-state index is 10.7. The number of hydrogen-bond donors (Lipinski definition) is 1. The largest absolute Gasteiger partial charge is 0.478 e. The van der Waals surface area contributed by atoms with Crippen molar-refractivity contribution >= 4 is 26.4 Å². The molecule has 0 radical (unpaired) electrons. The van der Waals surface area contributed by atoms with Crippen molar-refractivity contribution in [3.8, 4) is 0 Å². The summed E-state index contributed by atoms with van der Waals surface area (Å²) in [5, 5.41) is 8.75. The van der Waals surface area contributed by atoms with Gasteiger partial charge in [-0.3, -0.25) is 0 Å². The number of benzene rings is 1. The molecule has 0 spiro atoms. The number of aromatic carboxylic acids is 1. The molecule has 2 nitrogen and oxygen atoms in total. The van der Waals surface area contributed by atoms with E-state index < -0.39 is 5.97 Å². The average Bonchev–Trinajstić information content (AvgIpc) is 2.47. The molecule has 0 atom stereocenters. The highest BCUT2D eigenvalue weighted by molar-refractivity contribution is 9.15. The lowest BCUT2D eigenvalue weighted by Crippen LogP contribution is -1.97. The van der Waals surface area contributed by atoms with E-state index in [2.05, 4.69) is 15.9 Å². The van der Waals surface area contributed by atoms with Crippen LogP contribution in [0.2, 0.25) is 0 Å². The first-order valence-corrected chi connectivity index (χ1v) is 4.70. The van der Waals surface area contributed by atoms with Crippen molar-refractivity contribution in [2.45, 2.75) is 6.42 Å². The number of fused-ring (bicyclic) bond motifs is 1. The van der Waals surface area contributed by atoms with Crippen LogP contribution in [0.3, 0.4) is 0 Å². The second kappa shape index (κ2) is 3.00. The number of carbonyl (C=O) groups is 1. The van der Waals surface area contributed by atoms with Crippen LogP contribution in [-0.2, 0) is 6.42 Å². The van der Waals surface area contributed by atoms with Crippen molar-refractivity contribution in [3.05, 3.63) is 41.0 Å². The highest BCUT2D eigenvalue weighted by Crippen LogP contribution is 2.32. The predicted molar refractivity (Wildman–Crippen MR) is 54.0 cm³/mol. The normalized spacial score (nSPS) is 13.8. The topological polar surface area (TPSA) is 37.3 Å². The van der Waals surface area contributed by atoms with Crippen molar-refractivity contribution in [2.24, 2.45) is 0 Å². The van der Waals surface area contributed by atoms with Gasteiger partial charge in [-0.1, -0.05) is 28.1 Å². The Morgan fingerprint density at radius 3 is 2.92 bits per heavy atom. The van der Waals surface area contributed by atoms with Crippen LogP contribution in [0.4, 0.5) is 0 Å². The van der Waals surface area contributed by atoms with Crippen molar-refractivity contribution < 1.29 is 9.90 Å². The Labute approximate surface area is 84.0 Å². The van der Waals surface area contributed by atoms with Crippen molar-refractivity contribution in [3.63, 3.8) is 0 Å². The van der Waals surface area contributed by atoms with E-state index >= 15 is 0 Å². The number of hydrogen-bond acceptors (Lipinski definition) is 1. The highest BCUT2D eigenvalue weighted by atomic mass is 79.9. The van der Waals surface area contributed by atoms with Crippen molar-refractivity contribution in [1.29, 1.82) is 0 Å². The number of rotatable bonds is 1. The van der Waals surface area contributed by atoms with Gasteiger partial charge in [0.25, 0.3) is 0 Å². The van der Waals surface area contributed by atoms with Crippen molar-refractivity contribution in [1.82, 2.24) is 0 Å². The van der Waals surface area contributed by atoms with E-state index in [4.69, 9.17) is 5.11 Å². The second-order valence-corrected chi connectivity index (χ2v) is 3.79. The van der Waals surface area contributed by atoms with Crippen LogP contribution in [0, 0.1) is 0 Å². The van der Waals surface area contributed by atoms with Gasteiger partial charge in [0.2, 0.25) is 0 Å².